The van der Waals surface area contributed by atoms with E-state index in [1.807, 2.05) is 0 Å². The zero-order chi connectivity index (χ0) is 18.7. The van der Waals surface area contributed by atoms with Gasteiger partial charge in [-0.25, -0.2) is 13.6 Å². The third-order valence-corrected chi connectivity index (χ3v) is 4.67. The fourth-order valence-corrected chi connectivity index (χ4v) is 3.09. The Balaban J connectivity index is 1.92. The van der Waals surface area contributed by atoms with Gasteiger partial charge in [-0.15, -0.1) is 0 Å². The summed E-state index contributed by atoms with van der Waals surface area (Å²) in [6.07, 6.45) is 0.609. The Hall–Kier alpha value is -2.68. The Bertz CT molecular complexity index is 969. The minimum Gasteiger partial charge on any atom is -0.460 e. The highest BCUT2D eigenvalue weighted by Gasteiger charge is 2.32. The molecule has 0 spiro atoms. The molecule has 0 saturated carbocycles. The van der Waals surface area contributed by atoms with E-state index < -0.39 is 16.3 Å². The molecule has 0 bridgehead atoms. The predicted octanol–water partition coefficient (Wildman–Crippen LogP) is 2.27. The first-order valence-electron chi connectivity index (χ1n) is 7.91. The van der Waals surface area contributed by atoms with Crippen LogP contribution in [0.25, 0.3) is 0 Å². The van der Waals surface area contributed by atoms with Gasteiger partial charge >= 0.3 is 0 Å². The highest BCUT2D eigenvalue weighted by molar-refractivity contribution is 7.89. The second-order valence-electron chi connectivity index (χ2n) is 5.55. The summed E-state index contributed by atoms with van der Waals surface area (Å²) in [7, 11) is -3.82. The van der Waals surface area contributed by atoms with Crippen LogP contribution >= 0.6 is 0 Å². The maximum absolute atomic E-state index is 12.8. The molecule has 7 nitrogen and oxygen atoms in total. The number of rotatable bonds is 5. The van der Waals surface area contributed by atoms with E-state index in [1.54, 1.807) is 43.3 Å². The summed E-state index contributed by atoms with van der Waals surface area (Å²) < 4.78 is 34.2. The molecule has 2 aromatic carbocycles. The number of primary sulfonamides is 1. The number of Topliss-reactive ketones (excluding diaryl/α,β-unsaturated/α-hetero) is 1. The van der Waals surface area contributed by atoms with Gasteiger partial charge in [-0.05, 0) is 37.3 Å². The third-order valence-electron chi connectivity index (χ3n) is 3.76. The molecule has 0 fully saturated rings. The summed E-state index contributed by atoms with van der Waals surface area (Å²) in [6.45, 7) is 2.16. The van der Waals surface area contributed by atoms with E-state index in [9.17, 15) is 13.2 Å². The number of ketones is 1. The van der Waals surface area contributed by atoms with Crippen LogP contribution in [0.1, 0.15) is 17.3 Å². The van der Waals surface area contributed by atoms with Crippen molar-refractivity contribution in [3.8, 4) is 5.75 Å². The van der Waals surface area contributed by atoms with Crippen molar-refractivity contribution in [1.82, 2.24) is 0 Å². The predicted molar refractivity (Wildman–Crippen MR) is 96.3 cm³/mol. The number of ether oxygens (including phenoxy) is 2. The second kappa shape index (κ2) is 7.28. The monoisotopic (exact) mass is 374 g/mol. The summed E-state index contributed by atoms with van der Waals surface area (Å²) in [5, 5.41) is 8.05. The van der Waals surface area contributed by atoms with Gasteiger partial charge in [0.1, 0.15) is 5.75 Å². The molecule has 0 aromatic heterocycles. The van der Waals surface area contributed by atoms with Gasteiger partial charge in [0.2, 0.25) is 16.3 Å². The first-order chi connectivity index (χ1) is 12.4. The number of hydrogen-bond acceptors (Lipinski definition) is 6. The molecule has 3 N–H and O–H groups in total. The first kappa shape index (κ1) is 18.1. The van der Waals surface area contributed by atoms with Gasteiger partial charge in [0, 0.05) is 18.5 Å². The molecule has 1 unspecified atom stereocenters. The van der Waals surface area contributed by atoms with Gasteiger partial charge in [-0.2, -0.15) is 0 Å². The summed E-state index contributed by atoms with van der Waals surface area (Å²) in [5.41, 5.74) is 1.19. The maximum Gasteiger partial charge on any atom is 0.238 e. The van der Waals surface area contributed by atoms with Gasteiger partial charge in [-0.3, -0.25) is 4.79 Å². The van der Waals surface area contributed by atoms with Crippen molar-refractivity contribution in [3.63, 3.8) is 0 Å². The summed E-state index contributed by atoms with van der Waals surface area (Å²) in [4.78, 5) is 12.7. The standard InChI is InChI=1S/C18H18N2O5S/c1-2-24-18-15(17(21)14-8-3-4-9-16(14)25-18)11-20-12-6-5-7-13(10-12)26(19,22)23/h3-11,18,20H,2H2,1H3,(H2,19,22,23)/b15-11+. The number of carbonyl (C=O) groups excluding carboxylic acids is 1. The van der Waals surface area contributed by atoms with Crippen molar-refractivity contribution < 1.29 is 22.7 Å². The molecule has 3 rings (SSSR count). The SMILES string of the molecule is CCOC1Oc2ccccc2C(=O)/C1=C\Nc1cccc(S(N)(=O)=O)c1. The van der Waals surface area contributed by atoms with Gasteiger partial charge in [0.25, 0.3) is 0 Å². The molecule has 1 heterocycles. The van der Waals surface area contributed by atoms with Gasteiger partial charge in [0.05, 0.1) is 16.0 Å². The van der Waals surface area contributed by atoms with Crippen LogP contribution in [0.5, 0.6) is 5.75 Å². The number of nitrogens with one attached hydrogen (secondary N) is 1. The normalized spacial score (nSPS) is 18.3. The van der Waals surface area contributed by atoms with Crippen molar-refractivity contribution in [2.24, 2.45) is 5.14 Å². The molecule has 0 amide bonds. The smallest absolute Gasteiger partial charge is 0.238 e. The van der Waals surface area contributed by atoms with Crippen LogP contribution in [0.3, 0.4) is 0 Å². The summed E-state index contributed by atoms with van der Waals surface area (Å²) in [5.74, 6) is 0.240. The Morgan fingerprint density at radius 2 is 2.00 bits per heavy atom. The molecule has 26 heavy (non-hydrogen) atoms. The van der Waals surface area contributed by atoms with Crippen molar-refractivity contribution in [3.05, 3.63) is 65.9 Å². The zero-order valence-corrected chi connectivity index (χ0v) is 14.8. The van der Waals surface area contributed by atoms with Crippen LogP contribution in [0.2, 0.25) is 0 Å². The number of nitrogens with two attached hydrogens (primary N) is 1. The van der Waals surface area contributed by atoms with Gasteiger partial charge < -0.3 is 14.8 Å². The molecule has 8 heteroatoms. The number of anilines is 1. The quantitative estimate of drug-likeness (QED) is 0.778. The Morgan fingerprint density at radius 1 is 1.23 bits per heavy atom. The molecule has 1 aliphatic heterocycles. The average Bonchev–Trinajstić information content (AvgIpc) is 2.61. The van der Waals surface area contributed by atoms with E-state index in [2.05, 4.69) is 5.32 Å². The summed E-state index contributed by atoms with van der Waals surface area (Å²) >= 11 is 0. The van der Waals surface area contributed by atoms with E-state index in [4.69, 9.17) is 14.6 Å². The molecule has 0 saturated heterocycles. The number of para-hydroxylation sites is 1. The Kier molecular flexibility index (Phi) is 5.08. The molecular formula is C18H18N2O5S. The maximum atomic E-state index is 12.8. The minimum absolute atomic E-state index is 0.0289. The van der Waals surface area contributed by atoms with Crippen LogP contribution in [0.15, 0.2) is 65.2 Å². The highest BCUT2D eigenvalue weighted by Crippen LogP contribution is 2.31. The lowest BCUT2D eigenvalue weighted by molar-refractivity contribution is -0.0509. The molecule has 2 aromatic rings. The van der Waals surface area contributed by atoms with Crippen LogP contribution < -0.4 is 15.2 Å². The molecule has 1 aliphatic rings. The average molecular weight is 374 g/mol. The van der Waals surface area contributed by atoms with E-state index in [1.165, 1.54) is 18.3 Å². The van der Waals surface area contributed by atoms with Gasteiger partial charge in [-0.1, -0.05) is 18.2 Å². The van der Waals surface area contributed by atoms with E-state index in [0.29, 0.717) is 23.6 Å². The summed E-state index contributed by atoms with van der Waals surface area (Å²) in [6, 6.07) is 12.9. The third kappa shape index (κ3) is 3.77. The Labute approximate surface area is 151 Å². The van der Waals surface area contributed by atoms with Crippen LogP contribution in [-0.2, 0) is 14.8 Å². The van der Waals surface area contributed by atoms with Crippen molar-refractivity contribution in [1.29, 1.82) is 0 Å². The first-order valence-corrected chi connectivity index (χ1v) is 9.46. The van der Waals surface area contributed by atoms with Crippen molar-refractivity contribution >= 4 is 21.5 Å². The number of sulfonamides is 1. The largest absolute Gasteiger partial charge is 0.460 e. The van der Waals surface area contributed by atoms with Crippen LogP contribution in [-0.4, -0.2) is 27.1 Å². The number of benzene rings is 2. The van der Waals surface area contributed by atoms with E-state index in [-0.39, 0.29) is 16.3 Å². The zero-order valence-electron chi connectivity index (χ0n) is 14.0. The fraction of sp³-hybridized carbons (Fsp3) is 0.167. The molecule has 136 valence electrons. The number of hydrogen-bond donors (Lipinski definition) is 2. The molecular weight excluding hydrogens is 356 g/mol. The van der Waals surface area contributed by atoms with Crippen molar-refractivity contribution in [2.75, 3.05) is 11.9 Å². The number of carbonyl (C=O) groups is 1. The Morgan fingerprint density at radius 3 is 2.73 bits per heavy atom. The molecule has 0 radical (unpaired) electrons. The molecule has 0 aliphatic carbocycles. The fourth-order valence-electron chi connectivity index (χ4n) is 2.53. The number of fused-ring (bicyclic) bond motifs is 1. The van der Waals surface area contributed by atoms with Crippen LogP contribution in [0.4, 0.5) is 5.69 Å². The second-order valence-corrected chi connectivity index (χ2v) is 7.11. The lowest BCUT2D eigenvalue weighted by Gasteiger charge is -2.27. The highest BCUT2D eigenvalue weighted by atomic mass is 32.2. The lowest BCUT2D eigenvalue weighted by Crippen LogP contribution is -2.33. The van der Waals surface area contributed by atoms with Crippen LogP contribution in [0, 0.1) is 0 Å². The topological polar surface area (TPSA) is 108 Å². The van der Waals surface area contributed by atoms with Gasteiger partial charge in [0.15, 0.2) is 5.78 Å². The minimum atomic E-state index is -3.82. The van der Waals surface area contributed by atoms with Crippen molar-refractivity contribution in [2.45, 2.75) is 18.1 Å². The molecule has 1 atom stereocenters. The van der Waals surface area contributed by atoms with E-state index >= 15 is 0 Å². The lowest BCUT2D eigenvalue weighted by atomic mass is 10.00. The van der Waals surface area contributed by atoms with E-state index in [0.717, 1.165) is 0 Å².